The van der Waals surface area contributed by atoms with Gasteiger partial charge in [-0.25, -0.2) is 0 Å². The van der Waals surface area contributed by atoms with Gasteiger partial charge in [-0.15, -0.1) is 10.2 Å². The summed E-state index contributed by atoms with van der Waals surface area (Å²) in [5.41, 5.74) is 2.87. The highest BCUT2D eigenvalue weighted by molar-refractivity contribution is 5.60. The fraction of sp³-hybridized carbons (Fsp3) is 0.316. The van der Waals surface area contributed by atoms with E-state index in [2.05, 4.69) is 15.4 Å². The van der Waals surface area contributed by atoms with E-state index in [-0.39, 0.29) is 0 Å². The Hall–Kier alpha value is -3.29. The molecule has 0 fully saturated rings. The van der Waals surface area contributed by atoms with Crippen LogP contribution in [0.2, 0.25) is 0 Å². The maximum absolute atomic E-state index is 5.38. The summed E-state index contributed by atoms with van der Waals surface area (Å²) in [6.45, 7) is 2.47. The van der Waals surface area contributed by atoms with Gasteiger partial charge in [0.25, 0.3) is 0 Å². The van der Waals surface area contributed by atoms with Crippen LogP contribution in [0.5, 0.6) is 23.0 Å². The molecule has 0 bridgehead atoms. The molecule has 0 amide bonds. The number of hydrogen-bond acceptors (Lipinski definition) is 7. The fourth-order valence-corrected chi connectivity index (χ4v) is 2.75. The number of benzene rings is 2. The summed E-state index contributed by atoms with van der Waals surface area (Å²) >= 11 is 0. The van der Waals surface area contributed by atoms with Gasteiger partial charge in [-0.05, 0) is 53.6 Å². The number of nitrogens with zero attached hydrogens (tertiary/aromatic N) is 4. The first-order chi connectivity index (χ1) is 13.1. The molecule has 0 spiro atoms. The Morgan fingerprint density at radius 2 is 1.44 bits per heavy atom. The number of rotatable bonds is 7. The van der Waals surface area contributed by atoms with Crippen molar-refractivity contribution in [1.29, 1.82) is 0 Å². The van der Waals surface area contributed by atoms with Gasteiger partial charge in [0, 0.05) is 5.56 Å². The average molecular weight is 370 g/mol. The van der Waals surface area contributed by atoms with E-state index in [4.69, 9.17) is 18.9 Å². The van der Waals surface area contributed by atoms with Crippen molar-refractivity contribution in [2.75, 3.05) is 28.4 Å². The predicted molar refractivity (Wildman–Crippen MR) is 99.7 cm³/mol. The normalized spacial score (nSPS) is 10.6. The minimum absolute atomic E-state index is 0.465. The first-order valence-electron chi connectivity index (χ1n) is 8.31. The second kappa shape index (κ2) is 7.94. The molecular formula is C19H22N4O4. The van der Waals surface area contributed by atoms with Crippen molar-refractivity contribution in [3.05, 3.63) is 41.5 Å². The van der Waals surface area contributed by atoms with E-state index in [0.29, 0.717) is 35.4 Å². The zero-order chi connectivity index (χ0) is 19.4. The van der Waals surface area contributed by atoms with Crippen molar-refractivity contribution in [1.82, 2.24) is 20.2 Å². The highest BCUT2D eigenvalue weighted by Crippen LogP contribution is 2.32. The number of tetrazole rings is 1. The second-order valence-electron chi connectivity index (χ2n) is 5.85. The first-order valence-corrected chi connectivity index (χ1v) is 8.31. The zero-order valence-electron chi connectivity index (χ0n) is 16.0. The molecule has 0 aliphatic rings. The van der Waals surface area contributed by atoms with Crippen molar-refractivity contribution >= 4 is 0 Å². The topological polar surface area (TPSA) is 80.5 Å². The summed E-state index contributed by atoms with van der Waals surface area (Å²) in [7, 11) is 6.41. The van der Waals surface area contributed by atoms with Crippen LogP contribution in [-0.2, 0) is 6.54 Å². The molecule has 8 heteroatoms. The Morgan fingerprint density at radius 3 is 2.11 bits per heavy atom. The predicted octanol–water partition coefficient (Wildman–Crippen LogP) is 2.73. The highest BCUT2D eigenvalue weighted by atomic mass is 16.5. The van der Waals surface area contributed by atoms with E-state index < -0.39 is 0 Å². The third kappa shape index (κ3) is 3.79. The Balaban J connectivity index is 1.87. The quantitative estimate of drug-likeness (QED) is 0.632. The van der Waals surface area contributed by atoms with Gasteiger partial charge in [0.2, 0.25) is 5.82 Å². The highest BCUT2D eigenvalue weighted by Gasteiger charge is 2.13. The van der Waals surface area contributed by atoms with E-state index in [9.17, 15) is 0 Å². The SMILES string of the molecule is COc1ccc(-c2nnn(Cc3cc(OC)c(OC)cc3C)n2)cc1OC. The molecular weight excluding hydrogens is 348 g/mol. The van der Waals surface area contributed by atoms with E-state index >= 15 is 0 Å². The molecule has 3 rings (SSSR count). The molecule has 0 N–H and O–H groups in total. The number of ether oxygens (including phenoxy) is 4. The third-order valence-electron chi connectivity index (χ3n) is 4.25. The minimum atomic E-state index is 0.465. The smallest absolute Gasteiger partial charge is 0.205 e. The van der Waals surface area contributed by atoms with Crippen LogP contribution in [-0.4, -0.2) is 48.6 Å². The molecule has 27 heavy (non-hydrogen) atoms. The number of aromatic nitrogens is 4. The van der Waals surface area contributed by atoms with Crippen LogP contribution in [0.15, 0.2) is 30.3 Å². The fourth-order valence-electron chi connectivity index (χ4n) is 2.75. The Kier molecular flexibility index (Phi) is 5.44. The van der Waals surface area contributed by atoms with Gasteiger partial charge in [-0.1, -0.05) is 0 Å². The molecule has 0 radical (unpaired) electrons. The van der Waals surface area contributed by atoms with Crippen LogP contribution >= 0.6 is 0 Å². The molecule has 3 aromatic rings. The molecule has 0 saturated carbocycles. The molecule has 0 aliphatic carbocycles. The van der Waals surface area contributed by atoms with Gasteiger partial charge in [0.15, 0.2) is 23.0 Å². The monoisotopic (exact) mass is 370 g/mol. The number of aryl methyl sites for hydroxylation is 1. The molecule has 1 heterocycles. The van der Waals surface area contributed by atoms with Crippen LogP contribution in [0.3, 0.4) is 0 Å². The van der Waals surface area contributed by atoms with Gasteiger partial charge < -0.3 is 18.9 Å². The Labute approximate surface area is 157 Å². The maximum atomic E-state index is 5.38. The lowest BCUT2D eigenvalue weighted by Crippen LogP contribution is -2.06. The number of hydrogen-bond donors (Lipinski definition) is 0. The molecule has 0 saturated heterocycles. The molecule has 0 aliphatic heterocycles. The van der Waals surface area contributed by atoms with Crippen LogP contribution in [0.4, 0.5) is 0 Å². The van der Waals surface area contributed by atoms with Crippen LogP contribution in [0.25, 0.3) is 11.4 Å². The average Bonchev–Trinajstić information content (AvgIpc) is 3.17. The lowest BCUT2D eigenvalue weighted by Gasteiger charge is -2.12. The largest absolute Gasteiger partial charge is 0.493 e. The van der Waals surface area contributed by atoms with Crippen molar-refractivity contribution in [2.45, 2.75) is 13.5 Å². The van der Waals surface area contributed by atoms with Crippen molar-refractivity contribution in [3.63, 3.8) is 0 Å². The summed E-state index contributed by atoms with van der Waals surface area (Å²) in [6, 6.07) is 9.35. The summed E-state index contributed by atoms with van der Waals surface area (Å²) in [5.74, 6) is 3.13. The summed E-state index contributed by atoms with van der Waals surface area (Å²) in [4.78, 5) is 1.54. The minimum Gasteiger partial charge on any atom is -0.493 e. The van der Waals surface area contributed by atoms with Crippen LogP contribution < -0.4 is 18.9 Å². The van der Waals surface area contributed by atoms with Gasteiger partial charge in [0.1, 0.15) is 0 Å². The molecule has 142 valence electrons. The van der Waals surface area contributed by atoms with Gasteiger partial charge >= 0.3 is 0 Å². The van der Waals surface area contributed by atoms with Gasteiger partial charge in [0.05, 0.1) is 35.0 Å². The lowest BCUT2D eigenvalue weighted by molar-refractivity contribution is 0.354. The molecule has 1 aromatic heterocycles. The summed E-state index contributed by atoms with van der Waals surface area (Å²) in [5, 5.41) is 12.8. The van der Waals surface area contributed by atoms with Crippen molar-refractivity contribution in [2.24, 2.45) is 0 Å². The molecule has 8 nitrogen and oxygen atoms in total. The van der Waals surface area contributed by atoms with E-state index in [0.717, 1.165) is 16.7 Å². The first kappa shape index (κ1) is 18.5. The Morgan fingerprint density at radius 1 is 0.815 bits per heavy atom. The van der Waals surface area contributed by atoms with Crippen molar-refractivity contribution in [3.8, 4) is 34.4 Å². The summed E-state index contributed by atoms with van der Waals surface area (Å²) < 4.78 is 21.3. The second-order valence-corrected chi connectivity index (χ2v) is 5.85. The third-order valence-corrected chi connectivity index (χ3v) is 4.25. The molecule has 2 aromatic carbocycles. The lowest BCUT2D eigenvalue weighted by atomic mass is 10.1. The zero-order valence-corrected chi connectivity index (χ0v) is 16.0. The number of methoxy groups -OCH3 is 4. The molecule has 0 unspecified atom stereocenters. The van der Waals surface area contributed by atoms with E-state index in [1.165, 1.54) is 0 Å². The van der Waals surface area contributed by atoms with Gasteiger partial charge in [-0.2, -0.15) is 4.80 Å². The standard InChI is InChI=1S/C19H22N4O4/c1-12-8-16(25-3)18(27-5)10-14(12)11-23-21-19(20-22-23)13-6-7-15(24-2)17(9-13)26-4/h6-10H,11H2,1-5H3. The van der Waals surface area contributed by atoms with E-state index in [1.807, 2.05) is 37.3 Å². The summed E-state index contributed by atoms with van der Waals surface area (Å²) in [6.07, 6.45) is 0. The van der Waals surface area contributed by atoms with Crippen LogP contribution in [0, 0.1) is 6.92 Å². The van der Waals surface area contributed by atoms with Gasteiger partial charge in [-0.3, -0.25) is 0 Å². The Bertz CT molecular complexity index is 939. The van der Waals surface area contributed by atoms with E-state index in [1.54, 1.807) is 33.2 Å². The maximum Gasteiger partial charge on any atom is 0.205 e. The van der Waals surface area contributed by atoms with Crippen molar-refractivity contribution < 1.29 is 18.9 Å². The van der Waals surface area contributed by atoms with Crippen LogP contribution in [0.1, 0.15) is 11.1 Å². The molecule has 0 atom stereocenters.